The van der Waals surface area contributed by atoms with E-state index in [4.69, 9.17) is 10.00 Å². The Hall–Kier alpha value is -3.56. The fourth-order valence-corrected chi connectivity index (χ4v) is 4.81. The van der Waals surface area contributed by atoms with Crippen LogP contribution in [0.15, 0.2) is 56.0 Å². The van der Waals surface area contributed by atoms with Gasteiger partial charge in [-0.05, 0) is 58.8 Å². The maximum absolute atomic E-state index is 14.3. The molecule has 1 heterocycles. The molecule has 1 amide bonds. The largest absolute Gasteiger partial charge is 0.487 e. The second-order valence-electron chi connectivity index (χ2n) is 7.68. The average Bonchev–Trinajstić information content (AvgIpc) is 3.14. The number of anilines is 1. The Balaban J connectivity index is 1.71. The third-order valence-corrected chi connectivity index (χ3v) is 6.31. The lowest BCUT2D eigenvalue weighted by Gasteiger charge is -2.15. The number of halogens is 7. The predicted octanol–water partition coefficient (Wildman–Crippen LogP) is 7.16. The Morgan fingerprint density at radius 2 is 1.59 bits per heavy atom. The molecule has 5 nitrogen and oxygen atoms in total. The SMILES string of the molecule is CC1=NN(c2c(F)c(F)c(F)c(F)c2F)C(=O)/C1=C\c1cc(Br)cc(Br)c1OCc1ccc(C#N)cc1. The zero-order chi connectivity index (χ0) is 27.0. The van der Waals surface area contributed by atoms with Crippen LogP contribution in [-0.2, 0) is 11.4 Å². The lowest BCUT2D eigenvalue weighted by atomic mass is 10.1. The Morgan fingerprint density at radius 1 is 1.00 bits per heavy atom. The first-order chi connectivity index (χ1) is 17.5. The normalized spacial score (nSPS) is 14.2. The molecule has 0 saturated heterocycles. The molecule has 1 aliphatic heterocycles. The van der Waals surface area contributed by atoms with E-state index in [0.29, 0.717) is 25.8 Å². The van der Waals surface area contributed by atoms with E-state index in [9.17, 15) is 26.7 Å². The van der Waals surface area contributed by atoms with Crippen molar-refractivity contribution in [1.82, 2.24) is 0 Å². The smallest absolute Gasteiger partial charge is 0.280 e. The molecular formula is C25H12Br2F5N3O2. The van der Waals surface area contributed by atoms with Gasteiger partial charge < -0.3 is 4.74 Å². The van der Waals surface area contributed by atoms with Crippen molar-refractivity contribution in [1.29, 1.82) is 5.26 Å². The second kappa shape index (κ2) is 10.4. The summed E-state index contributed by atoms with van der Waals surface area (Å²) in [6.45, 7) is 1.44. The van der Waals surface area contributed by atoms with Gasteiger partial charge in [-0.3, -0.25) is 4.79 Å². The summed E-state index contributed by atoms with van der Waals surface area (Å²) in [6.07, 6.45) is 1.33. The number of carbonyl (C=O) groups excluding carboxylic acids is 1. The number of hydrogen-bond acceptors (Lipinski definition) is 4. The highest BCUT2D eigenvalue weighted by Crippen LogP contribution is 2.37. The first-order valence-corrected chi connectivity index (χ1v) is 11.9. The molecule has 1 aliphatic rings. The van der Waals surface area contributed by atoms with Gasteiger partial charge in [0.2, 0.25) is 5.82 Å². The van der Waals surface area contributed by atoms with Crippen molar-refractivity contribution in [2.75, 3.05) is 5.01 Å². The van der Waals surface area contributed by atoms with Crippen LogP contribution in [0.4, 0.5) is 27.6 Å². The molecule has 188 valence electrons. The van der Waals surface area contributed by atoms with Crippen molar-refractivity contribution in [3.8, 4) is 11.8 Å². The summed E-state index contributed by atoms with van der Waals surface area (Å²) in [5.74, 6) is -11.9. The maximum atomic E-state index is 14.3. The van der Waals surface area contributed by atoms with Gasteiger partial charge in [0, 0.05) is 10.0 Å². The van der Waals surface area contributed by atoms with Gasteiger partial charge in [-0.15, -0.1) is 0 Å². The molecular weight excluding hydrogens is 629 g/mol. The number of ether oxygens (including phenoxy) is 1. The highest BCUT2D eigenvalue weighted by Gasteiger charge is 2.37. The van der Waals surface area contributed by atoms with Crippen LogP contribution < -0.4 is 9.75 Å². The topological polar surface area (TPSA) is 65.7 Å². The highest BCUT2D eigenvalue weighted by molar-refractivity contribution is 9.11. The quantitative estimate of drug-likeness (QED) is 0.129. The maximum Gasteiger partial charge on any atom is 0.280 e. The van der Waals surface area contributed by atoms with E-state index in [0.717, 1.165) is 5.56 Å². The lowest BCUT2D eigenvalue weighted by molar-refractivity contribution is -0.114. The van der Waals surface area contributed by atoms with E-state index in [1.807, 2.05) is 6.07 Å². The minimum Gasteiger partial charge on any atom is -0.487 e. The summed E-state index contributed by atoms with van der Waals surface area (Å²) in [5, 5.41) is 12.8. The van der Waals surface area contributed by atoms with Crippen molar-refractivity contribution in [2.45, 2.75) is 13.5 Å². The summed E-state index contributed by atoms with van der Waals surface area (Å²) >= 11 is 6.73. The number of hydrogen-bond donors (Lipinski definition) is 0. The summed E-state index contributed by atoms with van der Waals surface area (Å²) in [4.78, 5) is 13.0. The van der Waals surface area contributed by atoms with Crippen LogP contribution >= 0.6 is 31.9 Å². The molecule has 0 radical (unpaired) electrons. The van der Waals surface area contributed by atoms with Gasteiger partial charge in [-0.25, -0.2) is 22.0 Å². The van der Waals surface area contributed by atoms with Crippen LogP contribution in [-0.4, -0.2) is 11.6 Å². The molecule has 37 heavy (non-hydrogen) atoms. The zero-order valence-corrected chi connectivity index (χ0v) is 21.7. The monoisotopic (exact) mass is 639 g/mol. The van der Waals surface area contributed by atoms with E-state index in [-0.39, 0.29) is 22.9 Å². The molecule has 4 rings (SSSR count). The molecule has 0 N–H and O–H groups in total. The molecule has 0 spiro atoms. The van der Waals surface area contributed by atoms with Crippen molar-refractivity contribution < 1.29 is 31.5 Å². The van der Waals surface area contributed by atoms with E-state index in [1.165, 1.54) is 13.0 Å². The molecule has 0 aromatic heterocycles. The van der Waals surface area contributed by atoms with Gasteiger partial charge in [0.05, 0.1) is 27.4 Å². The van der Waals surface area contributed by atoms with Crippen LogP contribution in [0, 0.1) is 40.4 Å². The minimum absolute atomic E-state index is 0.0249. The Morgan fingerprint density at radius 3 is 2.19 bits per heavy atom. The third kappa shape index (κ3) is 5.01. The molecule has 3 aromatic rings. The van der Waals surface area contributed by atoms with E-state index >= 15 is 0 Å². The Kier molecular flexibility index (Phi) is 7.47. The third-order valence-electron chi connectivity index (χ3n) is 5.26. The van der Waals surface area contributed by atoms with Crippen LogP contribution in [0.2, 0.25) is 0 Å². The predicted molar refractivity (Wildman–Crippen MR) is 132 cm³/mol. The van der Waals surface area contributed by atoms with Crippen molar-refractivity contribution in [3.05, 3.63) is 96.7 Å². The van der Waals surface area contributed by atoms with E-state index < -0.39 is 40.7 Å². The van der Waals surface area contributed by atoms with Crippen LogP contribution in [0.1, 0.15) is 23.6 Å². The van der Waals surface area contributed by atoms with Crippen LogP contribution in [0.3, 0.4) is 0 Å². The molecule has 0 fully saturated rings. The number of benzene rings is 3. The number of amides is 1. The summed E-state index contributed by atoms with van der Waals surface area (Å²) in [5.41, 5.74) is -0.0735. The average molecular weight is 641 g/mol. The van der Waals surface area contributed by atoms with Crippen molar-refractivity contribution >= 4 is 55.2 Å². The second-order valence-corrected chi connectivity index (χ2v) is 9.45. The molecule has 0 aliphatic carbocycles. The molecule has 0 bridgehead atoms. The number of hydrazone groups is 1. The van der Waals surface area contributed by atoms with Crippen LogP contribution in [0.5, 0.6) is 5.75 Å². The van der Waals surface area contributed by atoms with Crippen molar-refractivity contribution in [3.63, 3.8) is 0 Å². The zero-order valence-electron chi connectivity index (χ0n) is 18.6. The molecule has 0 atom stereocenters. The highest BCUT2D eigenvalue weighted by atomic mass is 79.9. The first kappa shape index (κ1) is 26.5. The van der Waals surface area contributed by atoms with Gasteiger partial charge in [0.1, 0.15) is 18.0 Å². The lowest BCUT2D eigenvalue weighted by Crippen LogP contribution is -2.25. The van der Waals surface area contributed by atoms with Gasteiger partial charge in [-0.2, -0.15) is 15.4 Å². The number of nitrogens with zero attached hydrogens (tertiary/aromatic N) is 3. The summed E-state index contributed by atoms with van der Waals surface area (Å²) in [6, 6.07) is 12.0. The Bertz CT molecular complexity index is 1520. The van der Waals surface area contributed by atoms with E-state index in [1.54, 1.807) is 36.4 Å². The van der Waals surface area contributed by atoms with Gasteiger partial charge >= 0.3 is 0 Å². The first-order valence-electron chi connectivity index (χ1n) is 10.3. The van der Waals surface area contributed by atoms with Gasteiger partial charge in [0.25, 0.3) is 5.91 Å². The number of carbonyl (C=O) groups is 1. The molecule has 0 unspecified atom stereocenters. The summed E-state index contributed by atoms with van der Waals surface area (Å²) < 4.78 is 76.6. The minimum atomic E-state index is -2.34. The Labute approximate surface area is 223 Å². The van der Waals surface area contributed by atoms with Crippen molar-refractivity contribution in [2.24, 2.45) is 5.10 Å². The van der Waals surface area contributed by atoms with Gasteiger partial charge in [0.15, 0.2) is 23.3 Å². The molecule has 3 aromatic carbocycles. The fraction of sp³-hybridized carbons (Fsp3) is 0.0800. The fourth-order valence-electron chi connectivity index (χ4n) is 3.44. The molecule has 0 saturated carbocycles. The number of rotatable bonds is 5. The van der Waals surface area contributed by atoms with Crippen LogP contribution in [0.25, 0.3) is 6.08 Å². The van der Waals surface area contributed by atoms with E-state index in [2.05, 4.69) is 37.0 Å². The number of nitriles is 1. The summed E-state index contributed by atoms with van der Waals surface area (Å²) in [7, 11) is 0. The molecule has 12 heteroatoms. The standard InChI is InChI=1S/C25H12Br2F5N3O2/c1-11-16(25(36)35(34-11)23-21(31)19(29)18(28)20(30)22(23)32)7-14-6-15(26)8-17(27)24(14)37-10-13-4-2-12(9-33)3-5-13/h2-8H,10H2,1H3/b16-7-. The van der Waals surface area contributed by atoms with Gasteiger partial charge in [-0.1, -0.05) is 28.1 Å².